The van der Waals surface area contributed by atoms with Crippen LogP contribution in [-0.4, -0.2) is 59.8 Å². The first-order chi connectivity index (χ1) is 24.2. The zero-order valence-corrected chi connectivity index (χ0v) is 29.9. The molecule has 4 aliphatic rings. The highest BCUT2D eigenvalue weighted by atomic mass is 35.5. The molecule has 1 fully saturated rings. The van der Waals surface area contributed by atoms with Gasteiger partial charge in [-0.15, -0.1) is 4.36 Å². The lowest BCUT2D eigenvalue weighted by Gasteiger charge is -2.46. The van der Waals surface area contributed by atoms with E-state index in [0.717, 1.165) is 61.5 Å². The van der Waals surface area contributed by atoms with Crippen molar-refractivity contribution in [2.45, 2.75) is 63.0 Å². The van der Waals surface area contributed by atoms with Crippen LogP contribution < -0.4 is 19.7 Å². The number of benzene rings is 2. The van der Waals surface area contributed by atoms with Gasteiger partial charge in [0.25, 0.3) is 5.91 Å². The van der Waals surface area contributed by atoms with Gasteiger partial charge in [0.2, 0.25) is 0 Å². The van der Waals surface area contributed by atoms with Crippen molar-refractivity contribution in [1.82, 2.24) is 15.0 Å². The average molecular weight is 718 g/mol. The molecule has 5 atom stereocenters. The quantitative estimate of drug-likeness (QED) is 0.291. The van der Waals surface area contributed by atoms with Crippen molar-refractivity contribution in [1.29, 1.82) is 0 Å². The summed E-state index contributed by atoms with van der Waals surface area (Å²) in [5.41, 5.74) is 4.23. The molecule has 7 rings (SSSR count). The average Bonchev–Trinajstić information content (AvgIpc) is 3.25. The molecule has 3 heterocycles. The fraction of sp³-hybridized carbons (Fsp3) is 0.447. The molecule has 2 aromatic carbocycles. The number of carbonyl (C=O) groups is 2. The highest BCUT2D eigenvalue weighted by Gasteiger charge is 2.44. The molecule has 1 saturated carbocycles. The third-order valence-corrected chi connectivity index (χ3v) is 12.8. The smallest absolute Gasteiger partial charge is 0.327 e. The van der Waals surface area contributed by atoms with Crippen molar-refractivity contribution in [3.63, 3.8) is 0 Å². The number of nitrogens with zero attached hydrogens (tertiary/aromatic N) is 3. The van der Waals surface area contributed by atoms with E-state index in [9.17, 15) is 13.8 Å². The van der Waals surface area contributed by atoms with Gasteiger partial charge in [-0.05, 0) is 116 Å². The summed E-state index contributed by atoms with van der Waals surface area (Å²) in [6, 6.07) is 14.4. The zero-order valence-electron chi connectivity index (χ0n) is 28.3. The van der Waals surface area contributed by atoms with Crippen LogP contribution in [0.5, 0.6) is 5.75 Å². The Hall–Kier alpha value is -3.93. The molecule has 3 amide bonds. The van der Waals surface area contributed by atoms with E-state index >= 15 is 0 Å². The topological polar surface area (TPSA) is 122 Å². The molecule has 1 spiro atoms. The van der Waals surface area contributed by atoms with Crippen molar-refractivity contribution < 1.29 is 23.3 Å². The Morgan fingerprint density at radius 1 is 1.14 bits per heavy atom. The second-order valence-corrected chi connectivity index (χ2v) is 16.5. The van der Waals surface area contributed by atoms with E-state index in [1.165, 1.54) is 11.1 Å². The summed E-state index contributed by atoms with van der Waals surface area (Å²) in [7, 11) is -1.71. The van der Waals surface area contributed by atoms with Crippen molar-refractivity contribution in [2.75, 3.05) is 37.5 Å². The largest absolute Gasteiger partial charge is 0.490 e. The van der Waals surface area contributed by atoms with Gasteiger partial charge in [0.15, 0.2) is 0 Å². The molecule has 0 saturated heterocycles. The van der Waals surface area contributed by atoms with Crippen LogP contribution in [0.25, 0.3) is 0 Å². The number of fused-ring (bicyclic) bond motifs is 4. The number of carbonyl (C=O) groups excluding carboxylic acids is 2. The van der Waals surface area contributed by atoms with Crippen LogP contribution in [-0.2, 0) is 33.0 Å². The number of nitrogens with one attached hydrogen (secondary N) is 2. The van der Waals surface area contributed by atoms with Crippen LogP contribution in [0.2, 0.25) is 5.02 Å². The molecule has 2 N–H and O–H groups in total. The van der Waals surface area contributed by atoms with Gasteiger partial charge in [-0.2, -0.15) is 0 Å². The van der Waals surface area contributed by atoms with Gasteiger partial charge in [-0.3, -0.25) is 14.5 Å². The predicted molar refractivity (Wildman–Crippen MR) is 195 cm³/mol. The number of rotatable bonds is 4. The molecular weight excluding hydrogens is 674 g/mol. The molecule has 0 radical (unpaired) electrons. The van der Waals surface area contributed by atoms with Crippen molar-refractivity contribution >= 4 is 39.1 Å². The molecule has 1 aromatic heterocycles. The molecule has 12 heteroatoms. The van der Waals surface area contributed by atoms with Gasteiger partial charge < -0.3 is 19.7 Å². The molecule has 264 valence electrons. The second-order valence-electron chi connectivity index (χ2n) is 13.9. The summed E-state index contributed by atoms with van der Waals surface area (Å²) in [6.07, 6.45) is 13.6. The maximum absolute atomic E-state index is 14.2. The van der Waals surface area contributed by atoms with E-state index < -0.39 is 21.9 Å². The molecule has 1 unspecified atom stereocenters. The normalized spacial score (nSPS) is 28.5. The SMILES string of the molecule is CO[C@H]1/C=C\CCCS(=O)(NC(=O)NCc2ccncc2)=NC(=O)c2ccc3c(c2)N(C[C@@H]2CC[C@H]21)C[C@@]1(CCCc2cc(Cl)ccc21)CO3. The van der Waals surface area contributed by atoms with Gasteiger partial charge in [-0.1, -0.05) is 29.8 Å². The summed E-state index contributed by atoms with van der Waals surface area (Å²) in [5, 5.41) is 3.46. The van der Waals surface area contributed by atoms with Crippen LogP contribution in [0.15, 0.2) is 77.4 Å². The number of methoxy groups -OCH3 is 1. The van der Waals surface area contributed by atoms with Crippen LogP contribution >= 0.6 is 11.6 Å². The van der Waals surface area contributed by atoms with E-state index in [1.807, 2.05) is 18.2 Å². The summed E-state index contributed by atoms with van der Waals surface area (Å²) in [5.74, 6) is 0.814. The Morgan fingerprint density at radius 3 is 2.80 bits per heavy atom. The number of urea groups is 1. The lowest BCUT2D eigenvalue weighted by molar-refractivity contribution is 0.0132. The first kappa shape index (κ1) is 34.5. The Morgan fingerprint density at radius 2 is 2.00 bits per heavy atom. The molecule has 2 bridgehead atoms. The van der Waals surface area contributed by atoms with Crippen LogP contribution in [0.4, 0.5) is 10.5 Å². The van der Waals surface area contributed by atoms with E-state index in [-0.39, 0.29) is 23.8 Å². The number of halogens is 1. The van der Waals surface area contributed by atoms with Gasteiger partial charge >= 0.3 is 6.03 Å². The monoisotopic (exact) mass is 717 g/mol. The van der Waals surface area contributed by atoms with Crippen LogP contribution in [0.3, 0.4) is 0 Å². The van der Waals surface area contributed by atoms with Gasteiger partial charge in [0, 0.05) is 55.1 Å². The minimum absolute atomic E-state index is 0.0155. The highest BCUT2D eigenvalue weighted by Crippen LogP contribution is 2.47. The highest BCUT2D eigenvalue weighted by molar-refractivity contribution is 7.92. The molecule has 3 aromatic rings. The standard InChI is InChI=1S/C38H44ClN5O5S/c1-48-34-7-3-2-4-19-50(47,43-37(46)41-22-26-14-17-40-18-15-26)42-36(45)28-9-13-35-33(21-28)44(23-29-8-11-31(29)34)24-38(25-49-35)16-5-6-27-20-30(39)10-12-32(27)38/h3,7,9-10,12-15,17-18,20-21,29,31,34H,2,4-6,8,11,16,19,22-25H2,1H3,(H2,41,42,43,45,46,47)/b7-3-/t29-,31+,34-,38-,50?/m0/s1. The Balaban J connectivity index is 1.24. The fourth-order valence-corrected chi connectivity index (χ4v) is 9.70. The van der Waals surface area contributed by atoms with Crippen molar-refractivity contribution in [2.24, 2.45) is 16.2 Å². The van der Waals surface area contributed by atoms with Crippen molar-refractivity contribution in [3.05, 3.63) is 100 Å². The van der Waals surface area contributed by atoms with E-state index in [2.05, 4.69) is 48.6 Å². The van der Waals surface area contributed by atoms with Crippen LogP contribution in [0.1, 0.15) is 65.6 Å². The zero-order chi connectivity index (χ0) is 34.7. The lowest BCUT2D eigenvalue weighted by Crippen LogP contribution is -2.49. The first-order valence-electron chi connectivity index (χ1n) is 17.5. The van der Waals surface area contributed by atoms with Crippen LogP contribution in [0, 0.1) is 11.8 Å². The number of aryl methyl sites for hydroxylation is 1. The number of ether oxygens (including phenoxy) is 2. The van der Waals surface area contributed by atoms with E-state index in [1.54, 1.807) is 37.7 Å². The number of hydrogen-bond donors (Lipinski definition) is 2. The van der Waals surface area contributed by atoms with Crippen molar-refractivity contribution in [3.8, 4) is 5.75 Å². The Kier molecular flexibility index (Phi) is 10.2. The summed E-state index contributed by atoms with van der Waals surface area (Å²) in [4.78, 5) is 33.2. The fourth-order valence-electron chi connectivity index (χ4n) is 7.98. The molecular formula is C38H44ClN5O5S. The number of allylic oxidation sites excluding steroid dienone is 1. The summed E-state index contributed by atoms with van der Waals surface area (Å²) >= 11 is 6.45. The molecule has 2 aliphatic carbocycles. The van der Waals surface area contributed by atoms with E-state index in [0.29, 0.717) is 42.6 Å². The molecule has 50 heavy (non-hydrogen) atoms. The van der Waals surface area contributed by atoms with Gasteiger partial charge in [-0.25, -0.2) is 9.00 Å². The number of aromatic nitrogens is 1. The Bertz CT molecular complexity index is 1900. The molecule has 2 aliphatic heterocycles. The van der Waals surface area contributed by atoms with E-state index in [4.69, 9.17) is 21.1 Å². The number of amides is 3. The third kappa shape index (κ3) is 7.41. The Labute approximate surface area is 299 Å². The summed E-state index contributed by atoms with van der Waals surface area (Å²) in [6.45, 7) is 2.22. The second kappa shape index (κ2) is 14.7. The van der Waals surface area contributed by atoms with Gasteiger partial charge in [0.05, 0.1) is 24.2 Å². The lowest BCUT2D eigenvalue weighted by atomic mass is 9.68. The maximum atomic E-state index is 14.2. The number of pyridine rings is 1. The number of hydrogen-bond acceptors (Lipinski definition) is 7. The third-order valence-electron chi connectivity index (χ3n) is 10.7. The summed E-state index contributed by atoms with van der Waals surface area (Å²) < 4.78 is 33.6. The molecule has 10 nitrogen and oxygen atoms in total. The number of anilines is 1. The minimum Gasteiger partial charge on any atom is -0.490 e. The first-order valence-corrected chi connectivity index (χ1v) is 19.5. The minimum atomic E-state index is -3.47. The van der Waals surface area contributed by atoms with Gasteiger partial charge in [0.1, 0.15) is 15.7 Å². The predicted octanol–water partition coefficient (Wildman–Crippen LogP) is 6.62. The maximum Gasteiger partial charge on any atom is 0.327 e.